The third-order valence-electron chi connectivity index (χ3n) is 4.87. The average Bonchev–Trinajstić information content (AvgIpc) is 3.04. The number of nitrogens with zero attached hydrogens (tertiary/aromatic N) is 2. The minimum absolute atomic E-state index is 0.267. The molecule has 1 heterocycles. The molecule has 1 saturated heterocycles. The minimum Gasteiger partial charge on any atom is -0.497 e. The summed E-state index contributed by atoms with van der Waals surface area (Å²) >= 11 is 0. The Morgan fingerprint density at radius 3 is 2.29 bits per heavy atom. The molecule has 7 nitrogen and oxygen atoms in total. The molecule has 142 valence electrons. The van der Waals surface area contributed by atoms with Crippen LogP contribution in [-0.4, -0.2) is 32.0 Å². The minimum atomic E-state index is -1.96. The molecule has 2 aromatic rings. The molecule has 0 radical (unpaired) electrons. The lowest BCUT2D eigenvalue weighted by molar-refractivity contribution is -0.149. The molecule has 0 aliphatic carbocycles. The van der Waals surface area contributed by atoms with Gasteiger partial charge in [-0.15, -0.1) is 0 Å². The van der Waals surface area contributed by atoms with Gasteiger partial charge in [-0.05, 0) is 36.4 Å². The van der Waals surface area contributed by atoms with Crippen LogP contribution in [0.4, 0.5) is 5.69 Å². The highest BCUT2D eigenvalue weighted by molar-refractivity contribution is 6.22. The zero-order valence-electron chi connectivity index (χ0n) is 15.4. The molecular weight excluding hydrogens is 360 g/mol. The second-order valence-electron chi connectivity index (χ2n) is 6.26. The van der Waals surface area contributed by atoms with Gasteiger partial charge in [-0.3, -0.25) is 19.3 Å². The van der Waals surface area contributed by atoms with Crippen molar-refractivity contribution >= 4 is 23.5 Å². The number of esters is 1. The molecule has 1 fully saturated rings. The number of benzene rings is 2. The van der Waals surface area contributed by atoms with Crippen LogP contribution < -0.4 is 9.64 Å². The van der Waals surface area contributed by atoms with Crippen molar-refractivity contribution in [3.05, 3.63) is 71.6 Å². The van der Waals surface area contributed by atoms with E-state index < -0.39 is 29.2 Å². The van der Waals surface area contributed by atoms with Gasteiger partial charge in [-0.25, -0.2) is 11.4 Å². The molecule has 1 aliphatic rings. The predicted octanol–water partition coefficient (Wildman–Crippen LogP) is 2.56. The summed E-state index contributed by atoms with van der Waals surface area (Å²) in [5.74, 6) is -2.61. The molecule has 1 aliphatic heterocycles. The summed E-state index contributed by atoms with van der Waals surface area (Å²) in [7, 11) is 2.65. The van der Waals surface area contributed by atoms with Crippen LogP contribution in [0.15, 0.2) is 54.6 Å². The molecule has 0 spiro atoms. The van der Waals surface area contributed by atoms with E-state index in [1.807, 2.05) is 0 Å². The van der Waals surface area contributed by atoms with E-state index in [2.05, 4.69) is 4.85 Å². The maximum absolute atomic E-state index is 13.2. The third-order valence-corrected chi connectivity index (χ3v) is 4.87. The number of para-hydroxylation sites is 1. The number of rotatable bonds is 5. The van der Waals surface area contributed by atoms with Crippen LogP contribution >= 0.6 is 0 Å². The lowest BCUT2D eigenvalue weighted by Crippen LogP contribution is -2.45. The van der Waals surface area contributed by atoms with E-state index in [-0.39, 0.29) is 12.0 Å². The quantitative estimate of drug-likeness (QED) is 0.454. The van der Waals surface area contributed by atoms with Gasteiger partial charge in [0.25, 0.3) is 0 Å². The Bertz CT molecular complexity index is 949. The molecular formula is C21H18N2O5. The summed E-state index contributed by atoms with van der Waals surface area (Å²) in [6.45, 7) is 7.78. The summed E-state index contributed by atoms with van der Waals surface area (Å²) in [4.78, 5) is 43.1. The highest BCUT2D eigenvalue weighted by Crippen LogP contribution is 2.43. The van der Waals surface area contributed by atoms with Crippen LogP contribution in [0, 0.1) is 12.5 Å². The Morgan fingerprint density at radius 2 is 1.75 bits per heavy atom. The fourth-order valence-electron chi connectivity index (χ4n) is 3.46. The molecule has 0 aromatic heterocycles. The van der Waals surface area contributed by atoms with Gasteiger partial charge >= 0.3 is 11.5 Å². The van der Waals surface area contributed by atoms with Crippen molar-refractivity contribution in [1.82, 2.24) is 0 Å². The summed E-state index contributed by atoms with van der Waals surface area (Å²) < 4.78 is 10.0. The SMILES string of the molecule is [C-]#[N+][C@@](C(=O)OC)(c1ccc(OC)cc1)[C@H]1CC(=O)N(c2ccccc2)C1=O. The van der Waals surface area contributed by atoms with Crippen LogP contribution in [0.25, 0.3) is 4.85 Å². The van der Waals surface area contributed by atoms with Crippen LogP contribution in [0.3, 0.4) is 0 Å². The molecule has 3 rings (SSSR count). The number of carbonyl (C=O) groups is 3. The van der Waals surface area contributed by atoms with E-state index in [1.165, 1.54) is 19.2 Å². The first-order valence-electron chi connectivity index (χ1n) is 8.53. The highest BCUT2D eigenvalue weighted by atomic mass is 16.5. The molecule has 2 amide bonds. The van der Waals surface area contributed by atoms with Gasteiger partial charge in [0.05, 0.1) is 19.9 Å². The Labute approximate surface area is 162 Å². The first-order chi connectivity index (χ1) is 13.5. The molecule has 2 aromatic carbocycles. The van der Waals surface area contributed by atoms with E-state index in [9.17, 15) is 14.4 Å². The van der Waals surface area contributed by atoms with Crippen molar-refractivity contribution in [2.75, 3.05) is 19.1 Å². The van der Waals surface area contributed by atoms with Crippen molar-refractivity contribution in [3.63, 3.8) is 0 Å². The maximum Gasteiger partial charge on any atom is 0.399 e. The smallest absolute Gasteiger partial charge is 0.399 e. The van der Waals surface area contributed by atoms with Gasteiger partial charge in [-0.1, -0.05) is 18.2 Å². The second-order valence-corrected chi connectivity index (χ2v) is 6.26. The molecule has 7 heteroatoms. The summed E-state index contributed by atoms with van der Waals surface area (Å²) in [5.41, 5.74) is -1.29. The van der Waals surface area contributed by atoms with Gasteiger partial charge in [0.1, 0.15) is 11.7 Å². The van der Waals surface area contributed by atoms with Crippen molar-refractivity contribution < 1.29 is 23.9 Å². The van der Waals surface area contributed by atoms with Crippen LogP contribution in [-0.2, 0) is 24.7 Å². The largest absolute Gasteiger partial charge is 0.497 e. The predicted molar refractivity (Wildman–Crippen MR) is 100 cm³/mol. The van der Waals surface area contributed by atoms with Crippen molar-refractivity contribution in [1.29, 1.82) is 0 Å². The number of ether oxygens (including phenoxy) is 2. The number of carbonyl (C=O) groups excluding carboxylic acids is 3. The maximum atomic E-state index is 13.2. The highest BCUT2D eigenvalue weighted by Gasteiger charge is 2.63. The van der Waals surface area contributed by atoms with E-state index in [4.69, 9.17) is 16.0 Å². The van der Waals surface area contributed by atoms with Gasteiger partial charge in [0.2, 0.25) is 11.8 Å². The fraction of sp³-hybridized carbons (Fsp3) is 0.238. The van der Waals surface area contributed by atoms with Gasteiger partial charge in [0, 0.05) is 12.0 Å². The lowest BCUT2D eigenvalue weighted by atomic mass is 9.77. The summed E-state index contributed by atoms with van der Waals surface area (Å²) in [6.07, 6.45) is -0.267. The Kier molecular flexibility index (Phi) is 5.14. The van der Waals surface area contributed by atoms with Crippen LogP contribution in [0.2, 0.25) is 0 Å². The van der Waals surface area contributed by atoms with Crippen molar-refractivity contribution in [3.8, 4) is 5.75 Å². The van der Waals surface area contributed by atoms with E-state index in [1.54, 1.807) is 42.5 Å². The fourth-order valence-corrected chi connectivity index (χ4v) is 3.46. The second kappa shape index (κ2) is 7.53. The van der Waals surface area contributed by atoms with Crippen molar-refractivity contribution in [2.45, 2.75) is 12.0 Å². The molecule has 28 heavy (non-hydrogen) atoms. The zero-order chi connectivity index (χ0) is 20.3. The molecule has 0 N–H and O–H groups in total. The number of methoxy groups -OCH3 is 2. The van der Waals surface area contributed by atoms with Crippen molar-refractivity contribution in [2.24, 2.45) is 5.92 Å². The van der Waals surface area contributed by atoms with Crippen LogP contribution in [0.1, 0.15) is 12.0 Å². The Morgan fingerprint density at radius 1 is 1.11 bits per heavy atom. The van der Waals surface area contributed by atoms with Gasteiger partial charge in [-0.2, -0.15) is 0 Å². The van der Waals surface area contributed by atoms with Crippen LogP contribution in [0.5, 0.6) is 5.75 Å². The lowest BCUT2D eigenvalue weighted by Gasteiger charge is -2.24. The molecule has 0 bridgehead atoms. The van der Waals surface area contributed by atoms with E-state index >= 15 is 0 Å². The molecule has 2 atom stereocenters. The van der Waals surface area contributed by atoms with E-state index in [0.29, 0.717) is 11.4 Å². The Hall–Kier alpha value is -3.66. The average molecular weight is 378 g/mol. The normalized spacial score (nSPS) is 18.3. The van der Waals surface area contributed by atoms with Gasteiger partial charge in [0.15, 0.2) is 0 Å². The first kappa shape index (κ1) is 19.1. The topological polar surface area (TPSA) is 77.3 Å². The summed E-state index contributed by atoms with van der Waals surface area (Å²) in [6, 6.07) is 14.7. The number of anilines is 1. The standard InChI is InChI=1S/C21H18N2O5/c1-22-21(20(26)28-3,14-9-11-16(27-2)12-10-14)17-13-18(24)23(19(17)25)15-7-5-4-6-8-15/h4-12,17H,13H2,2-3H3/t17-,21-/m0/s1. The number of hydrogen-bond acceptors (Lipinski definition) is 5. The zero-order valence-corrected chi connectivity index (χ0v) is 15.4. The monoisotopic (exact) mass is 378 g/mol. The first-order valence-corrected chi connectivity index (χ1v) is 8.53. The number of amides is 2. The van der Waals surface area contributed by atoms with E-state index in [0.717, 1.165) is 12.0 Å². The number of hydrogen-bond donors (Lipinski definition) is 0. The molecule has 0 saturated carbocycles. The third kappa shape index (κ3) is 2.89. The summed E-state index contributed by atoms with van der Waals surface area (Å²) in [5, 5.41) is 0. The Balaban J connectivity index is 2.11. The van der Waals surface area contributed by atoms with Gasteiger partial charge < -0.3 is 9.47 Å². The number of imide groups is 1. The molecule has 0 unspecified atom stereocenters.